The second-order valence-electron chi connectivity index (χ2n) is 4.05. The van der Waals surface area contributed by atoms with Crippen molar-refractivity contribution < 1.29 is 0 Å². The molecule has 1 fully saturated rings. The van der Waals surface area contributed by atoms with Crippen molar-refractivity contribution >= 4 is 28.3 Å². The first-order valence-corrected chi connectivity index (χ1v) is 5.87. The van der Waals surface area contributed by atoms with Gasteiger partial charge in [0.1, 0.15) is 12.1 Å². The molecular formula is C12H12ClN3. The Morgan fingerprint density at radius 1 is 1.12 bits per heavy atom. The summed E-state index contributed by atoms with van der Waals surface area (Å²) in [6, 6.07) is 5.79. The third kappa shape index (κ3) is 1.61. The summed E-state index contributed by atoms with van der Waals surface area (Å²) < 4.78 is 0. The molecule has 1 saturated heterocycles. The fourth-order valence-corrected chi connectivity index (χ4v) is 2.36. The number of halogens is 1. The summed E-state index contributed by atoms with van der Waals surface area (Å²) in [7, 11) is 0. The smallest absolute Gasteiger partial charge is 0.139 e. The molecular weight excluding hydrogens is 222 g/mol. The minimum absolute atomic E-state index is 0.721. The average molecular weight is 234 g/mol. The number of fused-ring (bicyclic) bond motifs is 1. The molecule has 3 nitrogen and oxygen atoms in total. The second kappa shape index (κ2) is 3.91. The average Bonchev–Trinajstić information content (AvgIpc) is 2.81. The zero-order chi connectivity index (χ0) is 11.0. The number of aromatic nitrogens is 2. The second-order valence-corrected chi connectivity index (χ2v) is 4.49. The molecule has 4 heteroatoms. The first kappa shape index (κ1) is 9.85. The molecule has 16 heavy (non-hydrogen) atoms. The van der Waals surface area contributed by atoms with Crippen LogP contribution in [0, 0.1) is 0 Å². The molecule has 3 rings (SSSR count). The molecule has 0 atom stereocenters. The highest BCUT2D eigenvalue weighted by Gasteiger charge is 2.16. The molecule has 0 unspecified atom stereocenters. The van der Waals surface area contributed by atoms with Crippen molar-refractivity contribution in [3.63, 3.8) is 0 Å². The van der Waals surface area contributed by atoms with Gasteiger partial charge in [0.05, 0.1) is 5.52 Å². The number of nitrogens with zero attached hydrogens (tertiary/aromatic N) is 3. The SMILES string of the molecule is Clc1ccc2c(N3CCCC3)ncnc2c1. The molecule has 0 radical (unpaired) electrons. The van der Waals surface area contributed by atoms with Crippen molar-refractivity contribution in [1.29, 1.82) is 0 Å². The van der Waals surface area contributed by atoms with Crippen molar-refractivity contribution in [3.05, 3.63) is 29.5 Å². The number of hydrogen-bond donors (Lipinski definition) is 0. The minimum atomic E-state index is 0.721. The molecule has 0 bridgehead atoms. The highest BCUT2D eigenvalue weighted by atomic mass is 35.5. The first-order chi connectivity index (χ1) is 7.84. The van der Waals surface area contributed by atoms with Gasteiger partial charge in [-0.3, -0.25) is 0 Å². The summed E-state index contributed by atoms with van der Waals surface area (Å²) in [6.45, 7) is 2.18. The fourth-order valence-electron chi connectivity index (χ4n) is 2.20. The zero-order valence-electron chi connectivity index (χ0n) is 8.86. The Morgan fingerprint density at radius 3 is 2.75 bits per heavy atom. The molecule has 0 N–H and O–H groups in total. The van der Waals surface area contributed by atoms with E-state index in [0.717, 1.165) is 34.8 Å². The Hall–Kier alpha value is -1.35. The predicted molar refractivity (Wildman–Crippen MR) is 66.0 cm³/mol. The van der Waals surface area contributed by atoms with E-state index in [4.69, 9.17) is 11.6 Å². The summed E-state index contributed by atoms with van der Waals surface area (Å²) in [5.41, 5.74) is 0.921. The maximum Gasteiger partial charge on any atom is 0.139 e. The Bertz CT molecular complexity index is 521. The van der Waals surface area contributed by atoms with Gasteiger partial charge >= 0.3 is 0 Å². The van der Waals surface area contributed by atoms with Crippen LogP contribution in [0.3, 0.4) is 0 Å². The maximum atomic E-state index is 5.96. The Labute approximate surface area is 99.1 Å². The van der Waals surface area contributed by atoms with Crippen LogP contribution in [0.2, 0.25) is 5.02 Å². The van der Waals surface area contributed by atoms with Crippen LogP contribution in [-0.4, -0.2) is 23.1 Å². The Balaban J connectivity index is 2.16. The monoisotopic (exact) mass is 233 g/mol. The molecule has 2 aromatic rings. The lowest BCUT2D eigenvalue weighted by atomic mass is 10.2. The van der Waals surface area contributed by atoms with E-state index in [1.165, 1.54) is 12.8 Å². The van der Waals surface area contributed by atoms with Crippen LogP contribution in [0.5, 0.6) is 0 Å². The number of rotatable bonds is 1. The quantitative estimate of drug-likeness (QED) is 0.759. The molecule has 1 aliphatic heterocycles. The minimum Gasteiger partial charge on any atom is -0.356 e. The van der Waals surface area contributed by atoms with E-state index in [1.807, 2.05) is 18.2 Å². The lowest BCUT2D eigenvalue weighted by Crippen LogP contribution is -2.19. The highest BCUT2D eigenvalue weighted by Crippen LogP contribution is 2.27. The van der Waals surface area contributed by atoms with E-state index < -0.39 is 0 Å². The summed E-state index contributed by atoms with van der Waals surface area (Å²) >= 11 is 5.96. The fraction of sp³-hybridized carbons (Fsp3) is 0.333. The number of hydrogen-bond acceptors (Lipinski definition) is 3. The summed E-state index contributed by atoms with van der Waals surface area (Å²) in [5.74, 6) is 1.04. The van der Waals surface area contributed by atoms with Crippen molar-refractivity contribution in [2.75, 3.05) is 18.0 Å². The highest BCUT2D eigenvalue weighted by molar-refractivity contribution is 6.31. The van der Waals surface area contributed by atoms with Gasteiger partial charge in [0.2, 0.25) is 0 Å². The van der Waals surface area contributed by atoms with Crippen LogP contribution in [0.1, 0.15) is 12.8 Å². The van der Waals surface area contributed by atoms with Crippen molar-refractivity contribution in [2.45, 2.75) is 12.8 Å². The van der Waals surface area contributed by atoms with Gasteiger partial charge in [-0.1, -0.05) is 11.6 Å². The normalized spacial score (nSPS) is 15.9. The Morgan fingerprint density at radius 2 is 1.94 bits per heavy atom. The number of benzene rings is 1. The van der Waals surface area contributed by atoms with Gasteiger partial charge in [-0.05, 0) is 31.0 Å². The third-order valence-corrected chi connectivity index (χ3v) is 3.22. The van der Waals surface area contributed by atoms with E-state index in [2.05, 4.69) is 14.9 Å². The zero-order valence-corrected chi connectivity index (χ0v) is 9.61. The van der Waals surface area contributed by atoms with E-state index in [0.29, 0.717) is 0 Å². The van der Waals surface area contributed by atoms with Crippen molar-refractivity contribution in [1.82, 2.24) is 9.97 Å². The number of anilines is 1. The van der Waals surface area contributed by atoms with Gasteiger partial charge in [0.25, 0.3) is 0 Å². The lowest BCUT2D eigenvalue weighted by Gasteiger charge is -2.17. The van der Waals surface area contributed by atoms with Gasteiger partial charge in [0, 0.05) is 23.5 Å². The van der Waals surface area contributed by atoms with Crippen LogP contribution in [-0.2, 0) is 0 Å². The largest absolute Gasteiger partial charge is 0.356 e. The first-order valence-electron chi connectivity index (χ1n) is 5.50. The van der Waals surface area contributed by atoms with E-state index >= 15 is 0 Å². The van der Waals surface area contributed by atoms with Gasteiger partial charge in [-0.15, -0.1) is 0 Å². The van der Waals surface area contributed by atoms with Crippen LogP contribution in [0.4, 0.5) is 5.82 Å². The van der Waals surface area contributed by atoms with Gasteiger partial charge in [-0.25, -0.2) is 9.97 Å². The summed E-state index contributed by atoms with van der Waals surface area (Å²) in [5, 5.41) is 1.81. The van der Waals surface area contributed by atoms with Crippen LogP contribution in [0.25, 0.3) is 10.9 Å². The molecule has 0 saturated carbocycles. The van der Waals surface area contributed by atoms with Gasteiger partial charge in [-0.2, -0.15) is 0 Å². The molecule has 0 spiro atoms. The molecule has 0 amide bonds. The van der Waals surface area contributed by atoms with Crippen LogP contribution >= 0.6 is 11.6 Å². The standard InChI is InChI=1S/C12H12ClN3/c13-9-3-4-10-11(7-9)14-8-15-12(10)16-5-1-2-6-16/h3-4,7-8H,1-2,5-6H2. The van der Waals surface area contributed by atoms with Gasteiger partial charge in [0.15, 0.2) is 0 Å². The van der Waals surface area contributed by atoms with Crippen molar-refractivity contribution in [2.24, 2.45) is 0 Å². The van der Waals surface area contributed by atoms with Crippen LogP contribution < -0.4 is 4.90 Å². The van der Waals surface area contributed by atoms with E-state index in [-0.39, 0.29) is 0 Å². The topological polar surface area (TPSA) is 29.0 Å². The molecule has 1 aromatic carbocycles. The lowest BCUT2D eigenvalue weighted by molar-refractivity contribution is 0.939. The van der Waals surface area contributed by atoms with E-state index in [9.17, 15) is 0 Å². The van der Waals surface area contributed by atoms with Crippen LogP contribution in [0.15, 0.2) is 24.5 Å². The summed E-state index contributed by atoms with van der Waals surface area (Å²) in [6.07, 6.45) is 4.12. The molecule has 1 aromatic heterocycles. The predicted octanol–water partition coefficient (Wildman–Crippen LogP) is 2.88. The Kier molecular flexibility index (Phi) is 2.40. The van der Waals surface area contributed by atoms with Gasteiger partial charge < -0.3 is 4.90 Å². The molecule has 82 valence electrons. The molecule has 1 aliphatic rings. The van der Waals surface area contributed by atoms with E-state index in [1.54, 1.807) is 6.33 Å². The third-order valence-electron chi connectivity index (χ3n) is 2.98. The summed E-state index contributed by atoms with van der Waals surface area (Å²) in [4.78, 5) is 11.0. The molecule has 2 heterocycles. The van der Waals surface area contributed by atoms with Crippen molar-refractivity contribution in [3.8, 4) is 0 Å². The maximum absolute atomic E-state index is 5.96. The molecule has 0 aliphatic carbocycles.